The van der Waals surface area contributed by atoms with E-state index in [4.69, 9.17) is 14.6 Å². The van der Waals surface area contributed by atoms with E-state index in [-0.39, 0.29) is 38.2 Å². The van der Waals surface area contributed by atoms with Crippen molar-refractivity contribution in [3.05, 3.63) is 54.6 Å². The van der Waals surface area contributed by atoms with E-state index < -0.39 is 47.8 Å². The highest BCUT2D eigenvalue weighted by molar-refractivity contribution is 5.30. The molecule has 182 valence electrons. The van der Waals surface area contributed by atoms with Crippen LogP contribution in [0.25, 0.3) is 0 Å². The van der Waals surface area contributed by atoms with Gasteiger partial charge in [-0.2, -0.15) is 0 Å². The second kappa shape index (κ2) is 9.46. The predicted molar refractivity (Wildman–Crippen MR) is 119 cm³/mol. The van der Waals surface area contributed by atoms with E-state index in [0.717, 1.165) is 5.56 Å². The van der Waals surface area contributed by atoms with Crippen LogP contribution in [0.2, 0.25) is 0 Å². The van der Waals surface area contributed by atoms with Crippen molar-refractivity contribution in [3.63, 3.8) is 0 Å². The normalized spacial score (nSPS) is 40.7. The highest BCUT2D eigenvalue weighted by atomic mass is 16.7. The second-order valence-electron chi connectivity index (χ2n) is 9.52. The summed E-state index contributed by atoms with van der Waals surface area (Å²) in [6.07, 6.45) is 0.132. The lowest BCUT2D eigenvalue weighted by molar-refractivity contribution is -0.393. The SMILES string of the molecule is C=CCc1ccc(OC2OC(C(O)CCCO)C3(O)CC4C=CC(O)CC4C2(O)C3O)cc1. The van der Waals surface area contributed by atoms with E-state index in [1.165, 1.54) is 0 Å². The summed E-state index contributed by atoms with van der Waals surface area (Å²) in [5.41, 5.74) is -2.95. The highest BCUT2D eigenvalue weighted by Crippen LogP contribution is 2.55. The molecule has 2 bridgehead atoms. The Morgan fingerprint density at radius 1 is 1.18 bits per heavy atom. The first-order valence-electron chi connectivity index (χ1n) is 11.5. The lowest BCUT2D eigenvalue weighted by Crippen LogP contribution is -2.80. The molecule has 8 heteroatoms. The van der Waals surface area contributed by atoms with Crippen LogP contribution in [-0.2, 0) is 11.2 Å². The lowest BCUT2D eigenvalue weighted by atomic mass is 9.55. The number of aliphatic hydroxyl groups is 6. The molecule has 1 saturated heterocycles. The molecule has 9 unspecified atom stereocenters. The number of ether oxygens (including phenoxy) is 2. The van der Waals surface area contributed by atoms with Gasteiger partial charge in [0.15, 0.2) is 5.60 Å². The van der Waals surface area contributed by atoms with Crippen molar-refractivity contribution in [2.45, 2.75) is 74.0 Å². The molecule has 1 aliphatic heterocycles. The minimum Gasteiger partial charge on any atom is -0.462 e. The third-order valence-electron chi connectivity index (χ3n) is 7.36. The van der Waals surface area contributed by atoms with E-state index in [1.54, 1.807) is 30.4 Å². The van der Waals surface area contributed by atoms with E-state index >= 15 is 0 Å². The fourth-order valence-electron chi connectivity index (χ4n) is 5.68. The molecule has 0 spiro atoms. The third kappa shape index (κ3) is 4.25. The molecule has 33 heavy (non-hydrogen) atoms. The number of allylic oxidation sites excluding steroid dienone is 2. The van der Waals surface area contributed by atoms with Crippen molar-refractivity contribution in [2.24, 2.45) is 11.8 Å². The Kier molecular flexibility index (Phi) is 6.98. The van der Waals surface area contributed by atoms with Gasteiger partial charge in [-0.3, -0.25) is 0 Å². The summed E-state index contributed by atoms with van der Waals surface area (Å²) in [6.45, 7) is 3.58. The number of hydrogen-bond donors (Lipinski definition) is 6. The molecule has 0 radical (unpaired) electrons. The summed E-state index contributed by atoms with van der Waals surface area (Å²) < 4.78 is 12.0. The van der Waals surface area contributed by atoms with Gasteiger partial charge in [-0.15, -0.1) is 6.58 Å². The largest absolute Gasteiger partial charge is 0.462 e. The average molecular weight is 463 g/mol. The third-order valence-corrected chi connectivity index (χ3v) is 7.36. The Morgan fingerprint density at radius 3 is 2.58 bits per heavy atom. The average Bonchev–Trinajstić information content (AvgIpc) is 2.80. The van der Waals surface area contributed by atoms with Gasteiger partial charge >= 0.3 is 0 Å². The predicted octanol–water partition coefficient (Wildman–Crippen LogP) is 0.432. The molecule has 2 aliphatic carbocycles. The lowest BCUT2D eigenvalue weighted by Gasteiger charge is -2.62. The van der Waals surface area contributed by atoms with Gasteiger partial charge in [0.2, 0.25) is 6.29 Å². The van der Waals surface area contributed by atoms with E-state index in [1.807, 2.05) is 12.1 Å². The topological polar surface area (TPSA) is 140 Å². The Labute approximate surface area is 193 Å². The zero-order chi connectivity index (χ0) is 23.8. The van der Waals surface area contributed by atoms with Crippen molar-refractivity contribution in [1.29, 1.82) is 0 Å². The fourth-order valence-corrected chi connectivity index (χ4v) is 5.68. The van der Waals surface area contributed by atoms with Crippen LogP contribution in [0, 0.1) is 11.8 Å². The molecular weight excluding hydrogens is 428 g/mol. The Hall–Kier alpha value is -1.78. The van der Waals surface area contributed by atoms with Gasteiger partial charge in [-0.05, 0) is 55.7 Å². The molecule has 1 aromatic rings. The minimum absolute atomic E-state index is 0.0498. The van der Waals surface area contributed by atoms with Crippen LogP contribution >= 0.6 is 0 Å². The molecule has 3 aliphatic rings. The summed E-state index contributed by atoms with van der Waals surface area (Å²) in [5.74, 6) is -0.603. The molecule has 1 aromatic carbocycles. The zero-order valence-electron chi connectivity index (χ0n) is 18.5. The maximum Gasteiger partial charge on any atom is 0.232 e. The van der Waals surface area contributed by atoms with Crippen LogP contribution < -0.4 is 4.74 Å². The van der Waals surface area contributed by atoms with Crippen molar-refractivity contribution in [3.8, 4) is 5.75 Å². The van der Waals surface area contributed by atoms with Gasteiger partial charge < -0.3 is 40.1 Å². The van der Waals surface area contributed by atoms with Crippen LogP contribution in [0.15, 0.2) is 49.1 Å². The number of benzene rings is 1. The molecule has 9 atom stereocenters. The first-order valence-corrected chi connectivity index (χ1v) is 11.5. The molecule has 0 amide bonds. The number of hydrogen-bond acceptors (Lipinski definition) is 8. The van der Waals surface area contributed by atoms with Crippen LogP contribution in [0.4, 0.5) is 0 Å². The standard InChI is InChI=1S/C25H34O8/c1-2-4-15-6-10-18(11-7-15)32-23-25(31)19-13-17(27)9-8-16(19)14-24(30,22(25)29)21(33-23)20(28)5-3-12-26/h2,6-11,16-17,19-23,26-31H,1,3-5,12-14H2. The van der Waals surface area contributed by atoms with Crippen molar-refractivity contribution >= 4 is 0 Å². The Balaban J connectivity index is 1.70. The van der Waals surface area contributed by atoms with Crippen LogP contribution in [0.5, 0.6) is 5.75 Å². The molecule has 4 rings (SSSR count). The van der Waals surface area contributed by atoms with Gasteiger partial charge in [0.1, 0.15) is 23.6 Å². The number of rotatable bonds is 8. The Morgan fingerprint density at radius 2 is 1.91 bits per heavy atom. The molecule has 8 nitrogen and oxygen atoms in total. The smallest absolute Gasteiger partial charge is 0.232 e. The monoisotopic (exact) mass is 462 g/mol. The quantitative estimate of drug-likeness (QED) is 0.306. The van der Waals surface area contributed by atoms with Gasteiger partial charge in [0, 0.05) is 12.5 Å². The highest BCUT2D eigenvalue weighted by Gasteiger charge is 2.71. The van der Waals surface area contributed by atoms with Gasteiger partial charge in [-0.25, -0.2) is 0 Å². The maximum absolute atomic E-state index is 11.8. The number of aliphatic hydroxyl groups excluding tert-OH is 4. The first kappa shape index (κ1) is 24.3. The fraction of sp³-hybridized carbons (Fsp3) is 0.600. The molecule has 1 heterocycles. The summed E-state index contributed by atoms with van der Waals surface area (Å²) >= 11 is 0. The summed E-state index contributed by atoms with van der Waals surface area (Å²) in [5, 5.41) is 64.8. The van der Waals surface area contributed by atoms with E-state index in [9.17, 15) is 25.5 Å². The van der Waals surface area contributed by atoms with Crippen LogP contribution in [0.3, 0.4) is 0 Å². The molecular formula is C25H34O8. The van der Waals surface area contributed by atoms with Crippen LogP contribution in [-0.4, -0.2) is 79.2 Å². The van der Waals surface area contributed by atoms with Gasteiger partial charge in [0.25, 0.3) is 0 Å². The zero-order valence-corrected chi connectivity index (χ0v) is 18.5. The molecule has 0 aromatic heterocycles. The second-order valence-corrected chi connectivity index (χ2v) is 9.52. The first-order chi connectivity index (χ1) is 15.7. The maximum atomic E-state index is 11.8. The van der Waals surface area contributed by atoms with Crippen molar-refractivity contribution < 1.29 is 40.1 Å². The summed E-state index contributed by atoms with van der Waals surface area (Å²) in [6, 6.07) is 7.12. The Bertz CT molecular complexity index is 856. The van der Waals surface area contributed by atoms with Crippen LogP contribution in [0.1, 0.15) is 31.2 Å². The molecule has 1 saturated carbocycles. The van der Waals surface area contributed by atoms with Crippen molar-refractivity contribution in [1.82, 2.24) is 0 Å². The molecule has 2 fully saturated rings. The molecule has 6 N–H and O–H groups in total. The van der Waals surface area contributed by atoms with E-state index in [2.05, 4.69) is 6.58 Å². The summed E-state index contributed by atoms with van der Waals surface area (Å²) in [7, 11) is 0. The van der Waals surface area contributed by atoms with Gasteiger partial charge in [-0.1, -0.05) is 30.4 Å². The minimum atomic E-state index is -2.03. The van der Waals surface area contributed by atoms with E-state index in [0.29, 0.717) is 12.2 Å². The van der Waals surface area contributed by atoms with Crippen molar-refractivity contribution in [2.75, 3.05) is 6.61 Å². The van der Waals surface area contributed by atoms with Gasteiger partial charge in [0.05, 0.1) is 12.2 Å². The summed E-state index contributed by atoms with van der Waals surface area (Å²) in [4.78, 5) is 0. The number of fused-ring (bicyclic) bond motifs is 4.